The van der Waals surface area contributed by atoms with E-state index in [2.05, 4.69) is 19.8 Å². The van der Waals surface area contributed by atoms with Crippen LogP contribution >= 0.6 is 0 Å². The van der Waals surface area contributed by atoms with Gasteiger partial charge in [-0.1, -0.05) is 39.0 Å². The van der Waals surface area contributed by atoms with E-state index < -0.39 is 15.9 Å². The maximum atomic E-state index is 13.1. The molecule has 2 aromatic heterocycles. The molecule has 10 heteroatoms. The number of aromatic nitrogens is 4. The normalized spacial score (nSPS) is 12.0. The van der Waals surface area contributed by atoms with Crippen LogP contribution in [0.5, 0.6) is 5.75 Å². The zero-order valence-electron chi connectivity index (χ0n) is 19.5. The van der Waals surface area contributed by atoms with Crippen LogP contribution in [0.4, 0.5) is 0 Å². The molecule has 0 atom stereocenters. The first-order chi connectivity index (χ1) is 16.0. The van der Waals surface area contributed by atoms with E-state index in [9.17, 15) is 13.2 Å². The highest BCUT2D eigenvalue weighted by Crippen LogP contribution is 2.31. The van der Waals surface area contributed by atoms with E-state index in [1.54, 1.807) is 48.4 Å². The zero-order chi connectivity index (χ0) is 24.7. The van der Waals surface area contributed by atoms with Gasteiger partial charge in [-0.25, -0.2) is 23.1 Å². The van der Waals surface area contributed by atoms with Crippen molar-refractivity contribution in [2.45, 2.75) is 31.1 Å². The number of nitrogens with zero attached hydrogens (tertiary/aromatic N) is 4. The summed E-state index contributed by atoms with van der Waals surface area (Å²) in [6.07, 6.45) is 1.59. The number of ether oxygens (including phenoxy) is 1. The molecule has 1 amide bonds. The minimum absolute atomic E-state index is 0.0341. The molecular formula is C24H25N5O4S. The highest BCUT2D eigenvalue weighted by atomic mass is 32.2. The lowest BCUT2D eigenvalue weighted by Crippen LogP contribution is -2.31. The smallest absolute Gasteiger partial charge is 0.283 e. The molecule has 4 rings (SSSR count). The molecule has 0 aliphatic carbocycles. The number of amides is 1. The highest BCUT2D eigenvalue weighted by molar-refractivity contribution is 7.90. The van der Waals surface area contributed by atoms with Crippen molar-refractivity contribution in [1.29, 1.82) is 0 Å². The maximum Gasteiger partial charge on any atom is 0.283 e. The minimum Gasteiger partial charge on any atom is -0.495 e. The van der Waals surface area contributed by atoms with Crippen LogP contribution in [0.15, 0.2) is 59.8 Å². The fourth-order valence-electron chi connectivity index (χ4n) is 3.52. The van der Waals surface area contributed by atoms with Crippen molar-refractivity contribution in [2.75, 3.05) is 7.11 Å². The van der Waals surface area contributed by atoms with Gasteiger partial charge in [-0.15, -0.1) is 0 Å². The molecule has 4 aromatic rings. The van der Waals surface area contributed by atoms with E-state index in [4.69, 9.17) is 4.74 Å². The van der Waals surface area contributed by atoms with Crippen LogP contribution in [0.3, 0.4) is 0 Å². The number of fused-ring (bicyclic) bond motifs is 1. The van der Waals surface area contributed by atoms with Crippen molar-refractivity contribution < 1.29 is 17.9 Å². The number of carbonyl (C=O) groups excluding carboxylic acids is 1. The average molecular weight is 480 g/mol. The number of rotatable bonds is 5. The van der Waals surface area contributed by atoms with Crippen molar-refractivity contribution in [3.05, 3.63) is 66.1 Å². The lowest BCUT2D eigenvalue weighted by molar-refractivity contribution is 0.0977. The van der Waals surface area contributed by atoms with Crippen LogP contribution in [0.2, 0.25) is 0 Å². The molecule has 0 spiro atoms. The summed E-state index contributed by atoms with van der Waals surface area (Å²) in [6, 6.07) is 13.5. The van der Waals surface area contributed by atoms with Crippen molar-refractivity contribution in [1.82, 2.24) is 24.5 Å². The van der Waals surface area contributed by atoms with Gasteiger partial charge in [-0.3, -0.25) is 9.48 Å². The van der Waals surface area contributed by atoms with E-state index in [1.807, 2.05) is 26.8 Å². The lowest BCUT2D eigenvalue weighted by Gasteiger charge is -2.21. The molecule has 0 aliphatic heterocycles. The molecule has 176 valence electrons. The van der Waals surface area contributed by atoms with Gasteiger partial charge >= 0.3 is 0 Å². The van der Waals surface area contributed by atoms with Gasteiger partial charge in [0.2, 0.25) is 0 Å². The van der Waals surface area contributed by atoms with Gasteiger partial charge in [-0.05, 0) is 41.3 Å². The Hall–Kier alpha value is -3.79. The van der Waals surface area contributed by atoms with E-state index in [1.165, 1.54) is 19.2 Å². The third-order valence-corrected chi connectivity index (χ3v) is 6.70. The summed E-state index contributed by atoms with van der Waals surface area (Å²) in [5.74, 6) is -0.167. The second kappa shape index (κ2) is 8.53. The zero-order valence-corrected chi connectivity index (χ0v) is 20.3. The Kier molecular flexibility index (Phi) is 5.86. The number of benzene rings is 2. The monoisotopic (exact) mass is 479 g/mol. The molecular weight excluding hydrogens is 454 g/mol. The van der Waals surface area contributed by atoms with Gasteiger partial charge in [0.1, 0.15) is 22.7 Å². The molecule has 0 radical (unpaired) electrons. The topological polar surface area (TPSA) is 116 Å². The van der Waals surface area contributed by atoms with E-state index in [-0.39, 0.29) is 21.8 Å². The SMILES string of the molecule is COc1ccc(C(C)(C)C)cc1S(=O)(=O)NC(=O)c1ccc2c(-c3ncn(C)n3)cccc2n1. The molecule has 2 aromatic carbocycles. The number of pyridine rings is 1. The van der Waals surface area contributed by atoms with Gasteiger partial charge in [0, 0.05) is 18.0 Å². The number of nitrogens with one attached hydrogen (secondary N) is 1. The lowest BCUT2D eigenvalue weighted by atomic mass is 9.87. The van der Waals surface area contributed by atoms with Crippen molar-refractivity contribution in [2.24, 2.45) is 7.05 Å². The third-order valence-electron chi connectivity index (χ3n) is 5.35. The van der Waals surface area contributed by atoms with Gasteiger partial charge in [0.05, 0.1) is 12.6 Å². The molecule has 2 heterocycles. The molecule has 0 saturated heterocycles. The van der Waals surface area contributed by atoms with E-state index >= 15 is 0 Å². The van der Waals surface area contributed by atoms with E-state index in [0.717, 1.165) is 16.5 Å². The fraction of sp³-hybridized carbons (Fsp3) is 0.250. The van der Waals surface area contributed by atoms with Crippen LogP contribution in [0.25, 0.3) is 22.3 Å². The van der Waals surface area contributed by atoms with Crippen molar-refractivity contribution >= 4 is 26.8 Å². The number of hydrogen-bond donors (Lipinski definition) is 1. The third kappa shape index (κ3) is 4.49. The molecule has 1 N–H and O–H groups in total. The minimum atomic E-state index is -4.22. The first-order valence-electron chi connectivity index (χ1n) is 10.5. The summed E-state index contributed by atoms with van der Waals surface area (Å²) in [6.45, 7) is 5.91. The molecule has 34 heavy (non-hydrogen) atoms. The first-order valence-corrected chi connectivity index (χ1v) is 12.0. The highest BCUT2D eigenvalue weighted by Gasteiger charge is 2.26. The predicted molar refractivity (Wildman–Crippen MR) is 128 cm³/mol. The quantitative estimate of drug-likeness (QED) is 0.466. The van der Waals surface area contributed by atoms with Crippen molar-refractivity contribution in [3.8, 4) is 17.1 Å². The second-order valence-electron chi connectivity index (χ2n) is 8.86. The summed E-state index contributed by atoms with van der Waals surface area (Å²) in [5.41, 5.74) is 1.74. The summed E-state index contributed by atoms with van der Waals surface area (Å²) in [4.78, 5) is 21.4. The maximum absolute atomic E-state index is 13.1. The van der Waals surface area contributed by atoms with Gasteiger partial charge in [0.25, 0.3) is 15.9 Å². The summed E-state index contributed by atoms with van der Waals surface area (Å²) >= 11 is 0. The number of hydrogen-bond acceptors (Lipinski definition) is 7. The molecule has 0 fully saturated rings. The number of sulfonamides is 1. The average Bonchev–Trinajstić information content (AvgIpc) is 3.23. The largest absolute Gasteiger partial charge is 0.495 e. The van der Waals surface area contributed by atoms with Gasteiger partial charge in [-0.2, -0.15) is 5.10 Å². The first kappa shape index (κ1) is 23.4. The van der Waals surface area contributed by atoms with E-state index in [0.29, 0.717) is 11.3 Å². The molecule has 0 bridgehead atoms. The number of methoxy groups -OCH3 is 1. The van der Waals surface area contributed by atoms with Crippen LogP contribution in [0.1, 0.15) is 36.8 Å². The Morgan fingerprint density at radius 1 is 1.09 bits per heavy atom. The summed E-state index contributed by atoms with van der Waals surface area (Å²) in [5, 5.41) is 5.06. The number of carbonyl (C=O) groups is 1. The van der Waals surface area contributed by atoms with Crippen molar-refractivity contribution in [3.63, 3.8) is 0 Å². The standard InChI is InChI=1S/C24H25N5O4S/c1-24(2,3)15-9-12-20(33-5)21(13-15)34(31,32)28-23(30)19-11-10-16-17(7-6-8-18(16)26-19)22-25-14-29(4)27-22/h6-14H,1-5H3,(H,28,30). The predicted octanol–water partition coefficient (Wildman–Crippen LogP) is 3.46. The van der Waals surface area contributed by atoms with Crippen LogP contribution in [-0.2, 0) is 22.5 Å². The second-order valence-corrected chi connectivity index (χ2v) is 10.5. The fourth-order valence-corrected chi connectivity index (χ4v) is 4.68. The summed E-state index contributed by atoms with van der Waals surface area (Å²) in [7, 11) is -1.07. The molecule has 0 aliphatic rings. The Labute approximate surface area is 197 Å². The Morgan fingerprint density at radius 2 is 1.85 bits per heavy atom. The van der Waals surface area contributed by atoms with Gasteiger partial charge in [0.15, 0.2) is 5.82 Å². The van der Waals surface area contributed by atoms with Crippen LogP contribution in [0, 0.1) is 0 Å². The Balaban J connectivity index is 1.68. The van der Waals surface area contributed by atoms with Gasteiger partial charge < -0.3 is 4.74 Å². The van der Waals surface area contributed by atoms with Crippen LogP contribution in [-0.4, -0.2) is 41.2 Å². The Morgan fingerprint density at radius 3 is 2.50 bits per heavy atom. The number of aryl methyl sites for hydroxylation is 1. The molecule has 0 unspecified atom stereocenters. The van der Waals surface area contributed by atoms with Crippen LogP contribution < -0.4 is 9.46 Å². The molecule has 9 nitrogen and oxygen atoms in total. The summed E-state index contributed by atoms with van der Waals surface area (Å²) < 4.78 is 35.2. The Bertz CT molecular complexity index is 1500. The molecule has 0 saturated carbocycles.